The summed E-state index contributed by atoms with van der Waals surface area (Å²) < 4.78 is 0. The van der Waals surface area contributed by atoms with Crippen LogP contribution in [0.25, 0.3) is 11.4 Å². The summed E-state index contributed by atoms with van der Waals surface area (Å²) >= 11 is 0. The third-order valence-corrected chi connectivity index (χ3v) is 4.23. The van der Waals surface area contributed by atoms with Crippen LogP contribution in [-0.4, -0.2) is 50.9 Å². The molecule has 1 aromatic carbocycles. The number of likely N-dealkylation sites (N-methyl/N-ethyl adjacent to an activating group) is 1. The van der Waals surface area contributed by atoms with Crippen molar-refractivity contribution in [2.24, 2.45) is 0 Å². The van der Waals surface area contributed by atoms with E-state index in [9.17, 15) is 4.79 Å². The Morgan fingerprint density at radius 3 is 2.97 bits per heavy atom. The highest BCUT2D eigenvalue weighted by molar-refractivity contribution is 5.78. The highest BCUT2D eigenvalue weighted by atomic mass is 16.2. The fourth-order valence-electron chi connectivity index (χ4n) is 2.96. The van der Waals surface area contributed by atoms with Crippen molar-refractivity contribution in [3.63, 3.8) is 0 Å². The highest BCUT2D eigenvalue weighted by Gasteiger charge is 2.09. The van der Waals surface area contributed by atoms with Gasteiger partial charge in [-0.15, -0.1) is 0 Å². The van der Waals surface area contributed by atoms with E-state index in [-0.39, 0.29) is 19.0 Å². The molecule has 0 spiro atoms. The van der Waals surface area contributed by atoms with Crippen LogP contribution in [0, 0.1) is 11.8 Å². The van der Waals surface area contributed by atoms with E-state index in [0.717, 1.165) is 16.8 Å². The molecule has 0 atom stereocenters. The average Bonchev–Trinajstić information content (AvgIpc) is 2.71. The van der Waals surface area contributed by atoms with Gasteiger partial charge >= 0.3 is 0 Å². The van der Waals surface area contributed by atoms with Gasteiger partial charge in [-0.05, 0) is 42.8 Å². The molecule has 3 heterocycles. The van der Waals surface area contributed by atoms with Gasteiger partial charge in [0, 0.05) is 24.0 Å². The van der Waals surface area contributed by atoms with Gasteiger partial charge in [0.25, 0.3) is 0 Å². The Balaban J connectivity index is 1.71. The SMILES string of the molecule is CN1CC(=O)NCC#Cc2cc(ccn2)-c2ncnc(n2)Nc2cccc(c2)C1. The van der Waals surface area contributed by atoms with Gasteiger partial charge in [0.2, 0.25) is 11.9 Å². The van der Waals surface area contributed by atoms with Crippen molar-refractivity contribution in [1.29, 1.82) is 0 Å². The van der Waals surface area contributed by atoms with Crippen LogP contribution in [-0.2, 0) is 11.3 Å². The van der Waals surface area contributed by atoms with Crippen LogP contribution in [0.3, 0.4) is 0 Å². The molecule has 1 aliphatic heterocycles. The number of carbonyl (C=O) groups excluding carboxylic acids is 1. The predicted octanol–water partition coefficient (Wildman–Crippen LogP) is 1.59. The van der Waals surface area contributed by atoms with Gasteiger partial charge in [0.15, 0.2) is 5.82 Å². The molecule has 0 saturated carbocycles. The van der Waals surface area contributed by atoms with Crippen LogP contribution < -0.4 is 10.6 Å². The van der Waals surface area contributed by atoms with Gasteiger partial charge in [-0.25, -0.2) is 15.0 Å². The maximum atomic E-state index is 12.1. The lowest BCUT2D eigenvalue weighted by atomic mass is 10.2. The Morgan fingerprint density at radius 2 is 2.03 bits per heavy atom. The van der Waals surface area contributed by atoms with Gasteiger partial charge < -0.3 is 10.6 Å². The molecule has 1 amide bonds. The molecule has 0 aliphatic carbocycles. The summed E-state index contributed by atoms with van der Waals surface area (Å²) in [7, 11) is 1.90. The highest BCUT2D eigenvalue weighted by Crippen LogP contribution is 2.19. The number of nitrogens with one attached hydrogen (secondary N) is 2. The number of benzene rings is 1. The second kappa shape index (κ2) is 8.46. The minimum atomic E-state index is -0.0773. The summed E-state index contributed by atoms with van der Waals surface area (Å²) in [4.78, 5) is 31.3. The fourth-order valence-corrected chi connectivity index (χ4v) is 2.96. The number of hydrogen-bond acceptors (Lipinski definition) is 7. The number of nitrogens with zero attached hydrogens (tertiary/aromatic N) is 5. The topological polar surface area (TPSA) is 95.9 Å². The number of pyridine rings is 1. The van der Waals surface area contributed by atoms with E-state index in [1.807, 2.05) is 48.3 Å². The number of carbonyl (C=O) groups is 1. The molecule has 0 unspecified atom stereocenters. The maximum Gasteiger partial charge on any atom is 0.234 e. The molecule has 2 aromatic heterocycles. The second-order valence-electron chi connectivity index (χ2n) is 6.64. The standard InChI is InChI=1S/C21H19N7O/c1-28-12-15-4-2-5-18(10-15)26-21-25-14-24-20(27-21)16-7-9-22-17(11-16)6-3-8-23-19(29)13-28/h2,4-5,7,9-11,14H,8,12-13H2,1H3,(H,23,29)(H,24,25,26,27). The molecular weight excluding hydrogens is 366 g/mol. The van der Waals surface area contributed by atoms with Gasteiger partial charge in [-0.2, -0.15) is 4.98 Å². The van der Waals surface area contributed by atoms with Crippen molar-refractivity contribution in [1.82, 2.24) is 30.2 Å². The Morgan fingerprint density at radius 1 is 1.10 bits per heavy atom. The summed E-state index contributed by atoms with van der Waals surface area (Å²) in [5, 5.41) is 6.03. The largest absolute Gasteiger partial charge is 0.344 e. The Hall–Kier alpha value is -3.83. The van der Waals surface area contributed by atoms with Crippen molar-refractivity contribution >= 4 is 17.5 Å². The van der Waals surface area contributed by atoms with Crippen molar-refractivity contribution in [2.45, 2.75) is 6.54 Å². The van der Waals surface area contributed by atoms with E-state index in [0.29, 0.717) is 24.0 Å². The van der Waals surface area contributed by atoms with Gasteiger partial charge in [-0.3, -0.25) is 9.69 Å². The summed E-state index contributed by atoms with van der Waals surface area (Å²) in [5.74, 6) is 6.78. The van der Waals surface area contributed by atoms with Crippen molar-refractivity contribution in [3.05, 3.63) is 60.2 Å². The molecule has 0 fully saturated rings. The number of rotatable bonds is 0. The molecule has 3 aromatic rings. The molecule has 8 nitrogen and oxygen atoms in total. The lowest BCUT2D eigenvalue weighted by Crippen LogP contribution is -2.35. The van der Waals surface area contributed by atoms with Crippen molar-refractivity contribution in [2.75, 3.05) is 25.5 Å². The minimum Gasteiger partial charge on any atom is -0.344 e. The first kappa shape index (κ1) is 18.5. The lowest BCUT2D eigenvalue weighted by molar-refractivity contribution is -0.121. The first-order valence-electron chi connectivity index (χ1n) is 9.11. The quantitative estimate of drug-likeness (QED) is 0.567. The number of aromatic nitrogens is 4. The molecule has 1 aliphatic rings. The molecule has 144 valence electrons. The molecule has 2 N–H and O–H groups in total. The zero-order valence-corrected chi connectivity index (χ0v) is 15.9. The Kier molecular flexibility index (Phi) is 5.40. The van der Waals surface area contributed by atoms with Crippen LogP contribution >= 0.6 is 0 Å². The molecule has 6 bridgehead atoms. The molecule has 8 heteroatoms. The van der Waals surface area contributed by atoms with Crippen LogP contribution in [0.2, 0.25) is 0 Å². The van der Waals surface area contributed by atoms with E-state index < -0.39 is 0 Å². The van der Waals surface area contributed by atoms with E-state index in [1.54, 1.807) is 6.20 Å². The molecular formula is C21H19N7O. The smallest absolute Gasteiger partial charge is 0.234 e. The molecule has 0 saturated heterocycles. The summed E-state index contributed by atoms with van der Waals surface area (Å²) in [6.45, 7) is 1.17. The van der Waals surface area contributed by atoms with E-state index in [1.165, 1.54) is 6.33 Å². The van der Waals surface area contributed by atoms with Crippen molar-refractivity contribution < 1.29 is 4.79 Å². The van der Waals surface area contributed by atoms with Gasteiger partial charge in [0.05, 0.1) is 13.1 Å². The predicted molar refractivity (Wildman–Crippen MR) is 109 cm³/mol. The van der Waals surface area contributed by atoms with Crippen LogP contribution in [0.15, 0.2) is 48.9 Å². The first-order chi connectivity index (χ1) is 14.2. The number of anilines is 2. The Bertz CT molecular complexity index is 1100. The molecule has 4 rings (SSSR count). The maximum absolute atomic E-state index is 12.1. The zero-order valence-electron chi connectivity index (χ0n) is 15.9. The third-order valence-electron chi connectivity index (χ3n) is 4.23. The van der Waals surface area contributed by atoms with Crippen LogP contribution in [0.1, 0.15) is 11.3 Å². The van der Waals surface area contributed by atoms with Crippen LogP contribution in [0.5, 0.6) is 0 Å². The normalized spacial score (nSPS) is 14.4. The van der Waals surface area contributed by atoms with Gasteiger partial charge in [-0.1, -0.05) is 18.1 Å². The fraction of sp³-hybridized carbons (Fsp3) is 0.190. The number of hydrogen-bond donors (Lipinski definition) is 2. The summed E-state index contributed by atoms with van der Waals surface area (Å²) in [6, 6.07) is 11.6. The van der Waals surface area contributed by atoms with Crippen LogP contribution in [0.4, 0.5) is 11.6 Å². The summed E-state index contributed by atoms with van der Waals surface area (Å²) in [5.41, 5.74) is 3.30. The first-order valence-corrected chi connectivity index (χ1v) is 9.11. The second-order valence-corrected chi connectivity index (χ2v) is 6.64. The summed E-state index contributed by atoms with van der Waals surface area (Å²) in [6.07, 6.45) is 3.13. The minimum absolute atomic E-state index is 0.0773. The monoisotopic (exact) mass is 385 g/mol. The van der Waals surface area contributed by atoms with Gasteiger partial charge in [0.1, 0.15) is 12.0 Å². The van der Waals surface area contributed by atoms with Crippen molar-refractivity contribution in [3.8, 4) is 23.2 Å². The molecule has 29 heavy (non-hydrogen) atoms. The lowest BCUT2D eigenvalue weighted by Gasteiger charge is -2.16. The number of fused-ring (bicyclic) bond motifs is 7. The van der Waals surface area contributed by atoms with E-state index in [4.69, 9.17) is 0 Å². The third kappa shape index (κ3) is 4.91. The zero-order chi connectivity index (χ0) is 20.1. The van der Waals surface area contributed by atoms with E-state index >= 15 is 0 Å². The Labute approximate surface area is 168 Å². The van der Waals surface area contributed by atoms with E-state index in [2.05, 4.69) is 42.4 Å². The number of amides is 1. The average molecular weight is 385 g/mol. The molecule has 0 radical (unpaired) electrons.